The highest BCUT2D eigenvalue weighted by Gasteiger charge is 2.46. The number of fused-ring (bicyclic) bond motifs is 2. The number of carbonyl (C=O) groups is 1. The number of pyridine rings is 1. The third kappa shape index (κ3) is 3.12. The van der Waals surface area contributed by atoms with Crippen molar-refractivity contribution in [3.63, 3.8) is 0 Å². The fraction of sp³-hybridized carbons (Fsp3) is 0.524. The second-order valence-electron chi connectivity index (χ2n) is 8.99. The lowest BCUT2D eigenvalue weighted by Gasteiger charge is -2.40. The Morgan fingerprint density at radius 2 is 2.07 bits per heavy atom. The predicted octanol–water partition coefficient (Wildman–Crippen LogP) is 2.72. The third-order valence-corrected chi connectivity index (χ3v) is 5.90. The van der Waals surface area contributed by atoms with Gasteiger partial charge in [0.05, 0.1) is 17.5 Å². The van der Waals surface area contributed by atoms with Gasteiger partial charge < -0.3 is 9.88 Å². The number of amides is 1. The molecule has 2 aromatic rings. The summed E-state index contributed by atoms with van der Waals surface area (Å²) >= 11 is 0. The van der Waals surface area contributed by atoms with E-state index in [0.29, 0.717) is 25.3 Å². The van der Waals surface area contributed by atoms with Gasteiger partial charge in [-0.15, -0.1) is 0 Å². The number of nitrogens with one attached hydrogen (secondary N) is 1. The first kappa shape index (κ1) is 18.8. The van der Waals surface area contributed by atoms with E-state index >= 15 is 0 Å². The Morgan fingerprint density at radius 1 is 1.29 bits per heavy atom. The lowest BCUT2D eigenvalue weighted by atomic mass is 9.77. The monoisotopic (exact) mass is 384 g/mol. The highest BCUT2D eigenvalue weighted by Crippen LogP contribution is 2.43. The highest BCUT2D eigenvalue weighted by molar-refractivity contribution is 5.94. The molecule has 1 aliphatic heterocycles. The molecule has 1 aliphatic carbocycles. The lowest BCUT2D eigenvalue weighted by molar-refractivity contribution is 0.0632. The third-order valence-electron chi connectivity index (χ3n) is 5.90. The topological polar surface area (TPSA) is 79.0 Å². The van der Waals surface area contributed by atoms with Crippen molar-refractivity contribution in [3.05, 3.63) is 57.3 Å². The van der Waals surface area contributed by atoms with Gasteiger partial charge in [-0.1, -0.05) is 20.8 Å². The quantitative estimate of drug-likeness (QED) is 0.820. The molecule has 1 unspecified atom stereocenters. The summed E-state index contributed by atoms with van der Waals surface area (Å²) < 4.78 is 13.5. The van der Waals surface area contributed by atoms with Gasteiger partial charge in [0.1, 0.15) is 11.6 Å². The summed E-state index contributed by atoms with van der Waals surface area (Å²) in [5.74, 6) is -0.0671. The maximum Gasteiger partial charge on any atom is 0.255 e. The predicted molar refractivity (Wildman–Crippen MR) is 103 cm³/mol. The van der Waals surface area contributed by atoms with Crippen LogP contribution in [0.15, 0.2) is 23.3 Å². The van der Waals surface area contributed by atoms with Gasteiger partial charge in [-0.3, -0.25) is 14.6 Å². The van der Waals surface area contributed by atoms with Crippen molar-refractivity contribution in [3.8, 4) is 0 Å². The van der Waals surface area contributed by atoms with Crippen LogP contribution in [-0.2, 0) is 17.3 Å². The second kappa shape index (κ2) is 6.50. The van der Waals surface area contributed by atoms with E-state index in [1.807, 2.05) is 20.8 Å². The van der Waals surface area contributed by atoms with Crippen LogP contribution in [-0.4, -0.2) is 38.8 Å². The molecule has 2 aromatic heterocycles. The van der Waals surface area contributed by atoms with Gasteiger partial charge in [-0.25, -0.2) is 9.37 Å². The molecule has 1 N–H and O–H groups in total. The first-order valence-electron chi connectivity index (χ1n) is 9.74. The summed E-state index contributed by atoms with van der Waals surface area (Å²) in [7, 11) is 0. The zero-order valence-electron chi connectivity index (χ0n) is 16.5. The number of likely N-dealkylation sites (tertiary alicyclic amines) is 1. The molecule has 148 valence electrons. The Balaban J connectivity index is 1.70. The fourth-order valence-electron chi connectivity index (χ4n) is 4.42. The van der Waals surface area contributed by atoms with E-state index in [1.165, 1.54) is 12.3 Å². The molecule has 1 atom stereocenters. The molecule has 0 saturated carbocycles. The SMILES string of the molecule is CC(C)(C)c1nc2c(c(=O)[nH]1)CCC21CCCN(C(=O)c2cncc(F)c2)C1. The van der Waals surface area contributed by atoms with Crippen molar-refractivity contribution in [2.75, 3.05) is 13.1 Å². The van der Waals surface area contributed by atoms with Gasteiger partial charge in [0.2, 0.25) is 0 Å². The van der Waals surface area contributed by atoms with Crippen LogP contribution in [0.5, 0.6) is 0 Å². The number of H-pyrrole nitrogens is 1. The molecular formula is C21H25FN4O2. The number of nitrogens with zero attached hydrogens (tertiary/aromatic N) is 3. The molecule has 1 spiro atoms. The van der Waals surface area contributed by atoms with Gasteiger partial charge in [-0.2, -0.15) is 0 Å². The number of hydrogen-bond donors (Lipinski definition) is 1. The first-order valence-corrected chi connectivity index (χ1v) is 9.74. The number of piperidine rings is 1. The molecule has 0 radical (unpaired) electrons. The van der Waals surface area contributed by atoms with E-state index in [4.69, 9.17) is 4.98 Å². The Kier molecular flexibility index (Phi) is 4.36. The normalized spacial score (nSPS) is 21.8. The zero-order valence-corrected chi connectivity index (χ0v) is 16.5. The van der Waals surface area contributed by atoms with Crippen LogP contribution < -0.4 is 5.56 Å². The Bertz CT molecular complexity index is 995. The van der Waals surface area contributed by atoms with Crippen LogP contribution in [0.4, 0.5) is 4.39 Å². The molecule has 2 aliphatic rings. The Labute approximate surface area is 163 Å². The van der Waals surface area contributed by atoms with Crippen LogP contribution in [0.3, 0.4) is 0 Å². The molecule has 7 heteroatoms. The lowest BCUT2D eigenvalue weighted by Crippen LogP contribution is -2.48. The highest BCUT2D eigenvalue weighted by atomic mass is 19.1. The average Bonchev–Trinajstić information content (AvgIpc) is 2.99. The van der Waals surface area contributed by atoms with Gasteiger partial charge in [0.25, 0.3) is 11.5 Å². The number of halogens is 1. The summed E-state index contributed by atoms with van der Waals surface area (Å²) in [6, 6.07) is 1.22. The maximum absolute atomic E-state index is 13.5. The van der Waals surface area contributed by atoms with Crippen molar-refractivity contribution in [2.24, 2.45) is 0 Å². The van der Waals surface area contributed by atoms with Crippen molar-refractivity contribution in [1.82, 2.24) is 19.9 Å². The minimum Gasteiger partial charge on any atom is -0.338 e. The molecule has 6 nitrogen and oxygen atoms in total. The molecule has 4 rings (SSSR count). The van der Waals surface area contributed by atoms with Crippen molar-refractivity contribution < 1.29 is 9.18 Å². The molecular weight excluding hydrogens is 359 g/mol. The van der Waals surface area contributed by atoms with E-state index in [1.54, 1.807) is 4.90 Å². The van der Waals surface area contributed by atoms with Crippen LogP contribution in [0.2, 0.25) is 0 Å². The number of carbonyl (C=O) groups excluding carboxylic acids is 1. The first-order chi connectivity index (χ1) is 13.2. The van der Waals surface area contributed by atoms with Gasteiger partial charge in [0.15, 0.2) is 0 Å². The zero-order chi connectivity index (χ0) is 20.1. The average molecular weight is 384 g/mol. The van der Waals surface area contributed by atoms with Crippen LogP contribution >= 0.6 is 0 Å². The largest absolute Gasteiger partial charge is 0.338 e. The van der Waals surface area contributed by atoms with E-state index in [0.717, 1.165) is 36.7 Å². The van der Waals surface area contributed by atoms with Crippen LogP contribution in [0.1, 0.15) is 67.5 Å². The molecule has 0 aromatic carbocycles. The second-order valence-corrected chi connectivity index (χ2v) is 8.99. The number of aromatic amines is 1. The molecule has 1 saturated heterocycles. The number of rotatable bonds is 1. The van der Waals surface area contributed by atoms with E-state index < -0.39 is 5.82 Å². The smallest absolute Gasteiger partial charge is 0.255 e. The summed E-state index contributed by atoms with van der Waals surface area (Å²) in [5.41, 5.74) is 1.20. The van der Waals surface area contributed by atoms with Crippen molar-refractivity contribution >= 4 is 5.91 Å². The summed E-state index contributed by atoms with van der Waals surface area (Å²) in [6.45, 7) is 7.17. The van der Waals surface area contributed by atoms with Crippen LogP contribution in [0, 0.1) is 5.82 Å². The van der Waals surface area contributed by atoms with Crippen molar-refractivity contribution in [2.45, 2.75) is 57.3 Å². The molecule has 28 heavy (non-hydrogen) atoms. The maximum atomic E-state index is 13.5. The van der Waals surface area contributed by atoms with Gasteiger partial charge >= 0.3 is 0 Å². The molecule has 1 fully saturated rings. The number of aromatic nitrogens is 3. The standard InChI is InChI=1S/C21H25FN4O2/c1-20(2,3)19-24-16-15(17(27)25-19)5-7-21(16)6-4-8-26(12-21)18(28)13-9-14(22)11-23-10-13/h9-11H,4-8,12H2,1-3H3,(H,24,25,27). The Hall–Kier alpha value is -2.57. The fourth-order valence-corrected chi connectivity index (χ4v) is 4.42. The van der Waals surface area contributed by atoms with Gasteiger partial charge in [0, 0.05) is 35.7 Å². The molecule has 0 bridgehead atoms. The summed E-state index contributed by atoms with van der Waals surface area (Å²) in [6.07, 6.45) is 5.68. The van der Waals surface area contributed by atoms with Crippen molar-refractivity contribution in [1.29, 1.82) is 0 Å². The number of hydrogen-bond acceptors (Lipinski definition) is 4. The van der Waals surface area contributed by atoms with E-state index in [2.05, 4.69) is 9.97 Å². The molecule has 3 heterocycles. The summed E-state index contributed by atoms with van der Waals surface area (Å²) in [4.78, 5) is 39.0. The van der Waals surface area contributed by atoms with Gasteiger partial charge in [-0.05, 0) is 31.7 Å². The minimum atomic E-state index is -0.521. The minimum absolute atomic E-state index is 0.0652. The van der Waals surface area contributed by atoms with E-state index in [9.17, 15) is 14.0 Å². The van der Waals surface area contributed by atoms with Crippen LogP contribution in [0.25, 0.3) is 0 Å². The Morgan fingerprint density at radius 3 is 2.79 bits per heavy atom. The molecule has 1 amide bonds. The summed E-state index contributed by atoms with van der Waals surface area (Å²) in [5, 5.41) is 0. The van der Waals surface area contributed by atoms with E-state index in [-0.39, 0.29) is 27.9 Å².